The largest absolute Gasteiger partial charge is 1.00 e. The van der Waals surface area contributed by atoms with Crippen LogP contribution in [-0.4, -0.2) is 30.1 Å². The van der Waals surface area contributed by atoms with Crippen LogP contribution in [0.25, 0.3) is 0 Å². The Morgan fingerprint density at radius 2 is 1.27 bits per heavy atom. The fraction of sp³-hybridized carbons (Fsp3) is 1.00. The number of quaternary nitrogens is 1. The normalized spacial score (nSPS) is 11.2. The molecule has 3 heteroatoms. The zero-order valence-electron chi connectivity index (χ0n) is 10.6. The minimum Gasteiger partial charge on any atom is -1.00 e. The molecule has 1 nitrogen and oxygen atoms in total. The van der Waals surface area contributed by atoms with E-state index < -0.39 is 0 Å². The Bertz CT molecular complexity index is 119. The maximum absolute atomic E-state index is 3.65. The van der Waals surface area contributed by atoms with Crippen molar-refractivity contribution < 1.29 is 21.5 Å². The molecule has 0 atom stereocenters. The van der Waals surface area contributed by atoms with E-state index in [4.69, 9.17) is 0 Å². The lowest BCUT2D eigenvalue weighted by molar-refractivity contribution is -0.896. The molecule has 0 aromatic carbocycles. The zero-order valence-corrected chi connectivity index (χ0v) is 13.7. The van der Waals surface area contributed by atoms with Gasteiger partial charge in [-0.3, -0.25) is 0 Å². The highest BCUT2D eigenvalue weighted by Gasteiger charge is 2.18. The molecule has 0 fully saturated rings. The van der Waals surface area contributed by atoms with Crippen molar-refractivity contribution in [1.82, 2.24) is 0 Å². The molecule has 0 rings (SSSR count). The number of halogens is 2. The summed E-state index contributed by atoms with van der Waals surface area (Å²) in [7, 11) is 2.38. The van der Waals surface area contributed by atoms with E-state index in [-0.39, 0.29) is 17.0 Å². The summed E-state index contributed by atoms with van der Waals surface area (Å²) in [5.41, 5.74) is 1.11. The third-order valence-corrected chi connectivity index (χ3v) is 4.10. The van der Waals surface area contributed by atoms with Crippen LogP contribution in [0.3, 0.4) is 0 Å². The van der Waals surface area contributed by atoms with Gasteiger partial charge in [0.1, 0.15) is 5.45 Å². The first-order chi connectivity index (χ1) is 6.68. The van der Waals surface area contributed by atoms with Crippen LogP contribution in [0.4, 0.5) is 0 Å². The van der Waals surface area contributed by atoms with Crippen molar-refractivity contribution in [2.24, 2.45) is 0 Å². The fourth-order valence-corrected chi connectivity index (χ4v) is 2.22. The van der Waals surface area contributed by atoms with Crippen LogP contribution < -0.4 is 17.0 Å². The van der Waals surface area contributed by atoms with Crippen molar-refractivity contribution in [3.05, 3.63) is 0 Å². The lowest BCUT2D eigenvalue weighted by Crippen LogP contribution is -3.00. The number of alkyl halides is 1. The summed E-state index contributed by atoms with van der Waals surface area (Å²) in [6.07, 6.45) is 8.19. The number of rotatable bonds is 9. The Kier molecular flexibility index (Phi) is 13.9. The van der Waals surface area contributed by atoms with Crippen molar-refractivity contribution in [1.29, 1.82) is 0 Å². The minimum absolute atomic E-state index is 0. The second kappa shape index (κ2) is 11.4. The number of unbranched alkanes of at least 4 members (excludes halogenated alkanes) is 4. The Hall–Kier alpha value is 0.920. The van der Waals surface area contributed by atoms with Crippen LogP contribution in [0.2, 0.25) is 0 Å². The van der Waals surface area contributed by atoms with Gasteiger partial charge in [0.2, 0.25) is 0 Å². The summed E-state index contributed by atoms with van der Waals surface area (Å²) >= 11 is 3.65. The predicted molar refractivity (Wildman–Crippen MR) is 68.8 cm³/mol. The van der Waals surface area contributed by atoms with Gasteiger partial charge in [-0.15, -0.1) is 0 Å². The topological polar surface area (TPSA) is 0 Å². The van der Waals surface area contributed by atoms with Gasteiger partial charge in [-0.2, -0.15) is 0 Å². The molecular weight excluding hydrogens is 318 g/mol. The molecule has 0 aromatic heterocycles. The molecule has 0 aliphatic rings. The standard InChI is InChI=1S/C12H27BrN.BrH/c1-4-6-8-10-14(3,12-13)11-9-7-5-2;/h4-12H2,1-3H3;1H/q+1;/p-1. The molecule has 0 unspecified atom stereocenters. The van der Waals surface area contributed by atoms with Crippen molar-refractivity contribution >= 4 is 15.9 Å². The van der Waals surface area contributed by atoms with Crippen LogP contribution in [-0.2, 0) is 0 Å². The summed E-state index contributed by atoms with van der Waals surface area (Å²) in [5, 5.41) is 0. The predicted octanol–water partition coefficient (Wildman–Crippen LogP) is 1.17. The smallest absolute Gasteiger partial charge is 0.134 e. The lowest BCUT2D eigenvalue weighted by Gasteiger charge is -2.32. The molecule has 0 saturated carbocycles. The first-order valence-corrected chi connectivity index (χ1v) is 7.20. The Morgan fingerprint density at radius 3 is 1.53 bits per heavy atom. The van der Waals surface area contributed by atoms with E-state index in [0.717, 1.165) is 5.45 Å². The Labute approximate surface area is 115 Å². The van der Waals surface area contributed by atoms with Crippen molar-refractivity contribution in [3.63, 3.8) is 0 Å². The van der Waals surface area contributed by atoms with Gasteiger partial charge >= 0.3 is 0 Å². The molecule has 0 N–H and O–H groups in total. The Morgan fingerprint density at radius 1 is 0.867 bits per heavy atom. The molecular formula is C12H27Br2N. The Balaban J connectivity index is 0. The van der Waals surface area contributed by atoms with Crippen LogP contribution in [0.1, 0.15) is 52.4 Å². The third-order valence-electron chi connectivity index (χ3n) is 2.89. The van der Waals surface area contributed by atoms with E-state index in [9.17, 15) is 0 Å². The molecule has 0 spiro atoms. The highest BCUT2D eigenvalue weighted by molar-refractivity contribution is 9.09. The SMILES string of the molecule is CCCCC[N+](C)(CBr)CCCCC.[Br-]. The average molecular weight is 345 g/mol. The molecule has 0 saturated heterocycles. The molecule has 0 amide bonds. The molecule has 0 aromatic rings. The minimum atomic E-state index is 0. The van der Waals surface area contributed by atoms with Crippen LogP contribution in [0.15, 0.2) is 0 Å². The third kappa shape index (κ3) is 9.83. The van der Waals surface area contributed by atoms with Gasteiger partial charge in [0.25, 0.3) is 0 Å². The molecule has 0 heterocycles. The molecule has 0 bridgehead atoms. The van der Waals surface area contributed by atoms with E-state index in [1.54, 1.807) is 0 Å². The summed E-state index contributed by atoms with van der Waals surface area (Å²) < 4.78 is 1.21. The van der Waals surface area contributed by atoms with Crippen LogP contribution in [0, 0.1) is 0 Å². The van der Waals surface area contributed by atoms with Crippen LogP contribution >= 0.6 is 15.9 Å². The quantitative estimate of drug-likeness (QED) is 0.255. The summed E-state index contributed by atoms with van der Waals surface area (Å²) in [5.74, 6) is 0. The van der Waals surface area contributed by atoms with Gasteiger partial charge in [-0.25, -0.2) is 0 Å². The molecule has 15 heavy (non-hydrogen) atoms. The molecule has 0 aliphatic carbocycles. The molecule has 0 aliphatic heterocycles. The number of hydrogen-bond acceptors (Lipinski definition) is 0. The van der Waals surface area contributed by atoms with E-state index >= 15 is 0 Å². The maximum Gasteiger partial charge on any atom is 0.134 e. The first kappa shape index (κ1) is 18.3. The molecule has 0 radical (unpaired) electrons. The monoisotopic (exact) mass is 343 g/mol. The maximum atomic E-state index is 3.65. The summed E-state index contributed by atoms with van der Waals surface area (Å²) in [6, 6.07) is 0. The highest BCUT2D eigenvalue weighted by atomic mass is 79.9. The van der Waals surface area contributed by atoms with Gasteiger partial charge in [0.15, 0.2) is 0 Å². The van der Waals surface area contributed by atoms with Gasteiger partial charge in [0, 0.05) is 0 Å². The summed E-state index contributed by atoms with van der Waals surface area (Å²) in [6.45, 7) is 7.22. The van der Waals surface area contributed by atoms with Gasteiger partial charge in [-0.05, 0) is 41.6 Å². The first-order valence-electron chi connectivity index (χ1n) is 6.08. The van der Waals surface area contributed by atoms with Crippen LogP contribution in [0.5, 0.6) is 0 Å². The van der Waals surface area contributed by atoms with Crippen molar-refractivity contribution in [3.8, 4) is 0 Å². The fourth-order valence-electron chi connectivity index (χ4n) is 1.72. The van der Waals surface area contributed by atoms with E-state index in [1.807, 2.05) is 0 Å². The summed E-state index contributed by atoms with van der Waals surface area (Å²) in [4.78, 5) is 0. The van der Waals surface area contributed by atoms with E-state index in [1.165, 1.54) is 56.1 Å². The number of nitrogens with zero attached hydrogens (tertiary/aromatic N) is 1. The zero-order chi connectivity index (χ0) is 10.9. The van der Waals surface area contributed by atoms with Gasteiger partial charge in [-0.1, -0.05) is 26.7 Å². The van der Waals surface area contributed by atoms with Crippen molar-refractivity contribution in [2.45, 2.75) is 52.4 Å². The average Bonchev–Trinajstić information content (AvgIpc) is 2.19. The van der Waals surface area contributed by atoms with E-state index in [2.05, 4.69) is 36.8 Å². The van der Waals surface area contributed by atoms with Gasteiger partial charge < -0.3 is 21.5 Å². The lowest BCUT2D eigenvalue weighted by atomic mass is 10.2. The number of hydrogen-bond donors (Lipinski definition) is 0. The second-order valence-electron chi connectivity index (χ2n) is 4.60. The highest BCUT2D eigenvalue weighted by Crippen LogP contribution is 2.12. The van der Waals surface area contributed by atoms with E-state index in [0.29, 0.717) is 0 Å². The molecule has 94 valence electrons. The van der Waals surface area contributed by atoms with Gasteiger partial charge in [0.05, 0.1) is 20.1 Å². The van der Waals surface area contributed by atoms with Crippen molar-refractivity contribution in [2.75, 3.05) is 25.6 Å². The second-order valence-corrected chi connectivity index (χ2v) is 5.10.